The Morgan fingerprint density at radius 1 is 1.40 bits per heavy atom. The van der Waals surface area contributed by atoms with Crippen molar-refractivity contribution >= 4 is 36.0 Å². The molecule has 7 heteroatoms. The summed E-state index contributed by atoms with van der Waals surface area (Å²) in [6.45, 7) is 6.51. The molecule has 0 aromatic heterocycles. The van der Waals surface area contributed by atoms with E-state index in [0.29, 0.717) is 18.2 Å². The van der Waals surface area contributed by atoms with Crippen LogP contribution in [0.15, 0.2) is 0 Å². The quantitative estimate of drug-likeness (QED) is 0.768. The summed E-state index contributed by atoms with van der Waals surface area (Å²) in [6.07, 6.45) is 0.811. The number of likely N-dealkylation sites (N-methyl/N-ethyl adjacent to an activating group) is 1. The van der Waals surface area contributed by atoms with E-state index in [9.17, 15) is 9.59 Å². The van der Waals surface area contributed by atoms with Gasteiger partial charge >= 0.3 is 0 Å². The lowest BCUT2D eigenvalue weighted by Crippen LogP contribution is -2.50. The summed E-state index contributed by atoms with van der Waals surface area (Å²) in [7, 11) is 1.86. The fourth-order valence-electron chi connectivity index (χ4n) is 1.81. The predicted molar refractivity (Wildman–Crippen MR) is 86.2 cm³/mol. The van der Waals surface area contributed by atoms with Gasteiger partial charge in [0, 0.05) is 24.3 Å². The van der Waals surface area contributed by atoms with Crippen molar-refractivity contribution in [2.24, 2.45) is 5.92 Å². The van der Waals surface area contributed by atoms with E-state index >= 15 is 0 Å². The number of hydrogen-bond acceptors (Lipinski definition) is 4. The molecule has 1 fully saturated rings. The van der Waals surface area contributed by atoms with Crippen molar-refractivity contribution < 1.29 is 9.59 Å². The highest BCUT2D eigenvalue weighted by Crippen LogP contribution is 2.23. The van der Waals surface area contributed by atoms with Gasteiger partial charge in [0.05, 0.1) is 5.88 Å². The van der Waals surface area contributed by atoms with E-state index in [0.717, 1.165) is 6.42 Å². The fourth-order valence-corrected chi connectivity index (χ4v) is 2.97. The Hall–Kier alpha value is -0.460. The highest BCUT2D eigenvalue weighted by molar-refractivity contribution is 7.99. The number of rotatable bonds is 6. The van der Waals surface area contributed by atoms with Gasteiger partial charge in [-0.1, -0.05) is 13.8 Å². The van der Waals surface area contributed by atoms with Crippen LogP contribution in [0.5, 0.6) is 0 Å². The Labute approximate surface area is 132 Å². The molecule has 3 atom stereocenters. The van der Waals surface area contributed by atoms with Crippen LogP contribution in [0.1, 0.15) is 27.2 Å². The second-order valence-corrected chi connectivity index (χ2v) is 6.07. The lowest BCUT2D eigenvalue weighted by atomic mass is 10.1. The first kappa shape index (κ1) is 19.5. The second-order valence-electron chi connectivity index (χ2n) is 5.07. The third-order valence-electron chi connectivity index (χ3n) is 3.58. The van der Waals surface area contributed by atoms with Crippen LogP contribution >= 0.6 is 24.2 Å². The van der Waals surface area contributed by atoms with Crippen molar-refractivity contribution in [2.45, 2.75) is 39.3 Å². The van der Waals surface area contributed by atoms with E-state index in [1.165, 1.54) is 0 Å². The molecule has 0 saturated carbocycles. The summed E-state index contributed by atoms with van der Waals surface area (Å²) >= 11 is 1.64. The van der Waals surface area contributed by atoms with Crippen LogP contribution in [0.3, 0.4) is 0 Å². The van der Waals surface area contributed by atoms with Crippen LogP contribution in [0.4, 0.5) is 0 Å². The molecule has 1 saturated heterocycles. The van der Waals surface area contributed by atoms with Crippen LogP contribution in [0.2, 0.25) is 0 Å². The van der Waals surface area contributed by atoms with Gasteiger partial charge in [0.15, 0.2) is 0 Å². The first-order chi connectivity index (χ1) is 9.01. The number of carbonyl (C=O) groups is 2. The van der Waals surface area contributed by atoms with E-state index in [1.54, 1.807) is 16.7 Å². The minimum atomic E-state index is -0.310. The molecule has 20 heavy (non-hydrogen) atoms. The molecule has 0 aromatic carbocycles. The molecule has 118 valence electrons. The normalized spacial score (nSPS) is 21.0. The van der Waals surface area contributed by atoms with Crippen LogP contribution in [0.25, 0.3) is 0 Å². The molecule has 2 amide bonds. The van der Waals surface area contributed by atoms with Gasteiger partial charge in [-0.3, -0.25) is 9.59 Å². The van der Waals surface area contributed by atoms with Crippen LogP contribution < -0.4 is 10.6 Å². The molecule has 1 rings (SSSR count). The van der Waals surface area contributed by atoms with Crippen LogP contribution in [-0.2, 0) is 9.59 Å². The van der Waals surface area contributed by atoms with Gasteiger partial charge in [0.1, 0.15) is 6.04 Å². The highest BCUT2D eigenvalue weighted by atomic mass is 35.5. The molecule has 1 aliphatic rings. The molecule has 0 radical (unpaired) electrons. The number of nitrogens with zero attached hydrogens (tertiary/aromatic N) is 1. The molecule has 1 aliphatic heterocycles. The Morgan fingerprint density at radius 3 is 2.60 bits per heavy atom. The maximum absolute atomic E-state index is 12.2. The summed E-state index contributed by atoms with van der Waals surface area (Å²) in [5.41, 5.74) is 0. The molecule has 3 unspecified atom stereocenters. The zero-order valence-corrected chi connectivity index (χ0v) is 14.3. The van der Waals surface area contributed by atoms with Gasteiger partial charge in [-0.15, -0.1) is 24.2 Å². The van der Waals surface area contributed by atoms with E-state index < -0.39 is 0 Å². The van der Waals surface area contributed by atoms with E-state index in [4.69, 9.17) is 0 Å². The van der Waals surface area contributed by atoms with Gasteiger partial charge in [0.2, 0.25) is 11.8 Å². The Balaban J connectivity index is 0.00000361. The molecule has 0 aromatic rings. The van der Waals surface area contributed by atoms with Crippen molar-refractivity contribution in [3.05, 3.63) is 0 Å². The minimum Gasteiger partial charge on any atom is -0.353 e. The second kappa shape index (κ2) is 9.47. The molecule has 0 spiro atoms. The van der Waals surface area contributed by atoms with Gasteiger partial charge in [-0.05, 0) is 20.4 Å². The fraction of sp³-hybridized carbons (Fsp3) is 0.846. The zero-order valence-electron chi connectivity index (χ0n) is 12.6. The lowest BCUT2D eigenvalue weighted by Gasteiger charge is -2.26. The molecule has 0 aliphatic carbocycles. The molecule has 0 bridgehead atoms. The van der Waals surface area contributed by atoms with Crippen molar-refractivity contribution in [2.75, 3.05) is 25.2 Å². The largest absolute Gasteiger partial charge is 0.353 e. The van der Waals surface area contributed by atoms with E-state index in [-0.39, 0.29) is 42.2 Å². The summed E-state index contributed by atoms with van der Waals surface area (Å²) in [4.78, 5) is 26.1. The predicted octanol–water partition coefficient (Wildman–Crippen LogP) is 1.08. The van der Waals surface area contributed by atoms with Gasteiger partial charge in [-0.25, -0.2) is 0 Å². The lowest BCUT2D eigenvalue weighted by molar-refractivity contribution is -0.140. The first-order valence-electron chi connectivity index (χ1n) is 6.84. The van der Waals surface area contributed by atoms with Gasteiger partial charge in [-0.2, -0.15) is 0 Å². The maximum Gasteiger partial charge on any atom is 0.243 e. The third-order valence-corrected chi connectivity index (χ3v) is 4.59. The maximum atomic E-state index is 12.2. The zero-order chi connectivity index (χ0) is 14.4. The topological polar surface area (TPSA) is 61.4 Å². The number of amides is 2. The Kier molecular flexibility index (Phi) is 9.25. The highest BCUT2D eigenvalue weighted by Gasteiger charge is 2.35. The van der Waals surface area contributed by atoms with Crippen molar-refractivity contribution in [3.63, 3.8) is 0 Å². The number of thioether (sulfide) groups is 1. The summed E-state index contributed by atoms with van der Waals surface area (Å²) in [5.74, 6) is 1.37. The average molecular weight is 324 g/mol. The van der Waals surface area contributed by atoms with E-state index in [2.05, 4.69) is 10.6 Å². The minimum absolute atomic E-state index is 0. The molecule has 1 heterocycles. The van der Waals surface area contributed by atoms with Crippen LogP contribution in [0, 0.1) is 5.92 Å². The van der Waals surface area contributed by atoms with Crippen molar-refractivity contribution in [1.29, 1.82) is 0 Å². The number of nitrogens with one attached hydrogen (secondary N) is 2. The van der Waals surface area contributed by atoms with Gasteiger partial charge in [0.25, 0.3) is 0 Å². The molecular weight excluding hydrogens is 298 g/mol. The Morgan fingerprint density at radius 2 is 2.05 bits per heavy atom. The summed E-state index contributed by atoms with van der Waals surface area (Å²) < 4.78 is 0. The smallest absolute Gasteiger partial charge is 0.243 e. The standard InChI is InChI=1S/C13H25N3O2S.ClH/c1-5-9(2)13(18)16-8-19-7-11(16)12(17)15-6-10(3)14-4;/h9-11,14H,5-8H2,1-4H3,(H,15,17);1H. The molecular formula is C13H26ClN3O2S. The van der Waals surface area contributed by atoms with Gasteiger partial charge < -0.3 is 15.5 Å². The molecule has 5 nitrogen and oxygen atoms in total. The monoisotopic (exact) mass is 323 g/mol. The van der Waals surface area contributed by atoms with Crippen molar-refractivity contribution in [1.82, 2.24) is 15.5 Å². The number of carbonyl (C=O) groups excluding carboxylic acids is 2. The number of hydrogen-bond donors (Lipinski definition) is 2. The van der Waals surface area contributed by atoms with Crippen LogP contribution in [-0.4, -0.2) is 54.0 Å². The third kappa shape index (κ3) is 5.14. The summed E-state index contributed by atoms with van der Waals surface area (Å²) in [5, 5.41) is 5.98. The van der Waals surface area contributed by atoms with Crippen molar-refractivity contribution in [3.8, 4) is 0 Å². The summed E-state index contributed by atoms with van der Waals surface area (Å²) in [6, 6.07) is -0.0766. The Bertz CT molecular complexity index is 331. The van der Waals surface area contributed by atoms with E-state index in [1.807, 2.05) is 27.8 Å². The average Bonchev–Trinajstić information content (AvgIpc) is 2.91. The first-order valence-corrected chi connectivity index (χ1v) is 7.99. The molecule has 2 N–H and O–H groups in total. The number of halogens is 1. The SMILES string of the molecule is CCC(C)C(=O)N1CSCC1C(=O)NCC(C)NC.Cl.